The number of fused-ring (bicyclic) bond motifs is 1. The van der Waals surface area contributed by atoms with Crippen molar-refractivity contribution >= 4 is 28.5 Å². The number of pyridine rings is 1. The SMILES string of the molecule is Cn1ncc2c(Nc3ccc(C(F)(F)F)nc3)nc(NC[C@@](C)(N)c3ccccc3)nc21. The Kier molecular flexibility index (Phi) is 5.43. The molecule has 0 fully saturated rings. The fourth-order valence-corrected chi connectivity index (χ4v) is 3.15. The van der Waals surface area contributed by atoms with E-state index in [9.17, 15) is 13.2 Å². The largest absolute Gasteiger partial charge is 0.433 e. The van der Waals surface area contributed by atoms with E-state index in [1.54, 1.807) is 17.9 Å². The Hall–Kier alpha value is -3.73. The first-order valence-electron chi connectivity index (χ1n) is 9.72. The van der Waals surface area contributed by atoms with Gasteiger partial charge in [0.05, 0.1) is 29.0 Å². The van der Waals surface area contributed by atoms with Crippen LogP contribution in [0.15, 0.2) is 54.9 Å². The van der Waals surface area contributed by atoms with Gasteiger partial charge in [-0.3, -0.25) is 4.68 Å². The molecular weight excluding hydrogens is 421 g/mol. The van der Waals surface area contributed by atoms with Gasteiger partial charge in [0.1, 0.15) is 11.5 Å². The molecule has 0 aliphatic rings. The fraction of sp³-hybridized carbons (Fsp3) is 0.238. The summed E-state index contributed by atoms with van der Waals surface area (Å²) in [6.45, 7) is 2.24. The van der Waals surface area contributed by atoms with Crippen LogP contribution in [0.3, 0.4) is 0 Å². The second-order valence-electron chi connectivity index (χ2n) is 7.59. The molecule has 0 aliphatic heterocycles. The Labute approximate surface area is 181 Å². The summed E-state index contributed by atoms with van der Waals surface area (Å²) in [5, 5.41) is 11.0. The van der Waals surface area contributed by atoms with Crippen molar-refractivity contribution < 1.29 is 13.2 Å². The maximum absolute atomic E-state index is 12.8. The van der Waals surface area contributed by atoms with Gasteiger partial charge in [0, 0.05) is 13.6 Å². The quantitative estimate of drug-likeness (QED) is 0.417. The average molecular weight is 442 g/mol. The molecule has 0 unspecified atom stereocenters. The van der Waals surface area contributed by atoms with E-state index in [1.807, 2.05) is 37.3 Å². The van der Waals surface area contributed by atoms with Crippen LogP contribution in [0.5, 0.6) is 0 Å². The highest BCUT2D eigenvalue weighted by molar-refractivity contribution is 5.89. The van der Waals surface area contributed by atoms with Gasteiger partial charge in [0.2, 0.25) is 5.95 Å². The number of aromatic nitrogens is 5. The summed E-state index contributed by atoms with van der Waals surface area (Å²) in [6.07, 6.45) is -1.82. The number of halogens is 3. The number of nitrogens with one attached hydrogen (secondary N) is 2. The molecule has 0 spiro atoms. The summed E-state index contributed by atoms with van der Waals surface area (Å²) in [4.78, 5) is 12.5. The first-order chi connectivity index (χ1) is 15.1. The zero-order chi connectivity index (χ0) is 22.9. The third-order valence-corrected chi connectivity index (χ3v) is 4.96. The molecule has 1 aromatic carbocycles. The molecule has 0 amide bonds. The van der Waals surface area contributed by atoms with Gasteiger partial charge in [0.15, 0.2) is 5.65 Å². The molecule has 32 heavy (non-hydrogen) atoms. The summed E-state index contributed by atoms with van der Waals surface area (Å²) in [5.41, 5.74) is 6.65. The predicted octanol–water partition coefficient (Wildman–Crippen LogP) is 3.81. The van der Waals surface area contributed by atoms with Crippen molar-refractivity contribution in [1.82, 2.24) is 24.7 Å². The summed E-state index contributed by atoms with van der Waals surface area (Å²) in [5.74, 6) is 0.682. The van der Waals surface area contributed by atoms with E-state index in [-0.39, 0.29) is 0 Å². The van der Waals surface area contributed by atoms with Gasteiger partial charge in [-0.1, -0.05) is 30.3 Å². The van der Waals surface area contributed by atoms with Crippen LogP contribution in [0.4, 0.5) is 30.6 Å². The molecule has 4 rings (SSSR count). The van der Waals surface area contributed by atoms with Gasteiger partial charge in [-0.2, -0.15) is 28.2 Å². The second kappa shape index (κ2) is 8.08. The smallest absolute Gasteiger partial charge is 0.352 e. The van der Waals surface area contributed by atoms with E-state index in [0.717, 1.165) is 17.8 Å². The van der Waals surface area contributed by atoms with Gasteiger partial charge in [-0.25, -0.2) is 4.98 Å². The summed E-state index contributed by atoms with van der Waals surface area (Å²) in [7, 11) is 1.74. The van der Waals surface area contributed by atoms with Crippen LogP contribution in [0, 0.1) is 0 Å². The van der Waals surface area contributed by atoms with Crippen LogP contribution in [0.25, 0.3) is 11.0 Å². The predicted molar refractivity (Wildman–Crippen MR) is 115 cm³/mol. The molecule has 166 valence electrons. The maximum atomic E-state index is 12.8. The topological polar surface area (TPSA) is 107 Å². The monoisotopic (exact) mass is 442 g/mol. The molecule has 0 bridgehead atoms. The lowest BCUT2D eigenvalue weighted by atomic mass is 9.93. The fourth-order valence-electron chi connectivity index (χ4n) is 3.15. The minimum Gasteiger partial charge on any atom is -0.352 e. The van der Waals surface area contributed by atoms with E-state index in [1.165, 1.54) is 6.07 Å². The lowest BCUT2D eigenvalue weighted by Crippen LogP contribution is -2.40. The van der Waals surface area contributed by atoms with Crippen LogP contribution in [0.1, 0.15) is 18.2 Å². The van der Waals surface area contributed by atoms with Crippen molar-refractivity contribution in [3.05, 3.63) is 66.1 Å². The Morgan fingerprint density at radius 3 is 2.44 bits per heavy atom. The molecule has 3 heterocycles. The Morgan fingerprint density at radius 2 is 1.78 bits per heavy atom. The molecule has 0 saturated heterocycles. The molecule has 4 aromatic rings. The highest BCUT2D eigenvalue weighted by Gasteiger charge is 2.32. The lowest BCUT2D eigenvalue weighted by molar-refractivity contribution is -0.141. The zero-order valence-corrected chi connectivity index (χ0v) is 17.4. The van der Waals surface area contributed by atoms with Gasteiger partial charge in [0.25, 0.3) is 0 Å². The van der Waals surface area contributed by atoms with Crippen molar-refractivity contribution in [3.8, 4) is 0 Å². The summed E-state index contributed by atoms with van der Waals surface area (Å²) < 4.78 is 39.9. The van der Waals surface area contributed by atoms with Crippen molar-refractivity contribution in [2.45, 2.75) is 18.6 Å². The Bertz CT molecular complexity index is 1220. The van der Waals surface area contributed by atoms with Gasteiger partial charge < -0.3 is 16.4 Å². The molecule has 0 saturated carbocycles. The lowest BCUT2D eigenvalue weighted by Gasteiger charge is -2.25. The van der Waals surface area contributed by atoms with E-state index in [2.05, 4.69) is 30.7 Å². The average Bonchev–Trinajstić information content (AvgIpc) is 3.14. The van der Waals surface area contributed by atoms with Crippen LogP contribution in [-0.2, 0) is 18.8 Å². The molecule has 3 aromatic heterocycles. The molecule has 4 N–H and O–H groups in total. The van der Waals surface area contributed by atoms with Crippen LogP contribution < -0.4 is 16.4 Å². The van der Waals surface area contributed by atoms with Crippen molar-refractivity contribution in [2.75, 3.05) is 17.2 Å². The van der Waals surface area contributed by atoms with Crippen molar-refractivity contribution in [1.29, 1.82) is 0 Å². The van der Waals surface area contributed by atoms with E-state index in [4.69, 9.17) is 5.73 Å². The third-order valence-electron chi connectivity index (χ3n) is 4.96. The number of benzene rings is 1. The number of nitrogens with zero attached hydrogens (tertiary/aromatic N) is 5. The summed E-state index contributed by atoms with van der Waals surface area (Å²) in [6, 6.07) is 11.8. The van der Waals surface area contributed by atoms with Gasteiger partial charge in [-0.15, -0.1) is 0 Å². The second-order valence-corrected chi connectivity index (χ2v) is 7.59. The van der Waals surface area contributed by atoms with E-state index >= 15 is 0 Å². The van der Waals surface area contributed by atoms with Gasteiger partial charge in [-0.05, 0) is 24.6 Å². The van der Waals surface area contributed by atoms with Crippen molar-refractivity contribution in [2.24, 2.45) is 12.8 Å². The van der Waals surface area contributed by atoms with Gasteiger partial charge >= 0.3 is 6.18 Å². The molecule has 0 aliphatic carbocycles. The number of anilines is 3. The summed E-state index contributed by atoms with van der Waals surface area (Å²) >= 11 is 0. The normalized spacial score (nSPS) is 13.7. The van der Waals surface area contributed by atoms with E-state index < -0.39 is 17.4 Å². The highest BCUT2D eigenvalue weighted by atomic mass is 19.4. The van der Waals surface area contributed by atoms with Crippen LogP contribution in [-0.4, -0.2) is 31.3 Å². The molecule has 0 radical (unpaired) electrons. The number of alkyl halides is 3. The molecular formula is C21H21F3N8. The number of rotatable bonds is 6. The Balaban J connectivity index is 1.61. The third kappa shape index (κ3) is 4.47. The first-order valence-corrected chi connectivity index (χ1v) is 9.72. The number of nitrogens with two attached hydrogens (primary N) is 1. The Morgan fingerprint density at radius 1 is 1.03 bits per heavy atom. The number of hydrogen-bond donors (Lipinski definition) is 3. The number of hydrogen-bond acceptors (Lipinski definition) is 7. The van der Waals surface area contributed by atoms with Crippen molar-refractivity contribution in [3.63, 3.8) is 0 Å². The molecule has 1 atom stereocenters. The van der Waals surface area contributed by atoms with Crippen LogP contribution in [0.2, 0.25) is 0 Å². The molecule has 8 nitrogen and oxygen atoms in total. The first kappa shape index (κ1) is 21.5. The maximum Gasteiger partial charge on any atom is 0.433 e. The zero-order valence-electron chi connectivity index (χ0n) is 17.4. The minimum absolute atomic E-state index is 0.302. The van der Waals surface area contributed by atoms with Crippen LogP contribution >= 0.6 is 0 Å². The molecule has 11 heteroatoms. The minimum atomic E-state index is -4.51. The van der Waals surface area contributed by atoms with E-state index in [0.29, 0.717) is 35.0 Å². The highest BCUT2D eigenvalue weighted by Crippen LogP contribution is 2.29. The number of aryl methyl sites for hydroxylation is 1. The standard InChI is InChI=1S/C21H21F3N8/c1-20(25,13-6-4-3-5-7-13)12-27-19-30-17(15-11-28-32(2)18(15)31-19)29-14-8-9-16(26-10-14)21(22,23)24/h3-11H,12,25H2,1-2H3,(H2,27,29,30,31)/t20-/m1/s1.